The maximum absolute atomic E-state index is 12.4. The quantitative estimate of drug-likeness (QED) is 0.433. The van der Waals surface area contributed by atoms with Gasteiger partial charge in [0.2, 0.25) is 0 Å². The minimum Gasteiger partial charge on any atom is -0.543 e. The Bertz CT molecular complexity index is 701. The molecule has 0 radical (unpaired) electrons. The van der Waals surface area contributed by atoms with Gasteiger partial charge in [0.1, 0.15) is 30.0 Å². The van der Waals surface area contributed by atoms with Crippen molar-refractivity contribution < 1.29 is 23.5 Å². The molecule has 0 saturated carbocycles. The predicted molar refractivity (Wildman–Crippen MR) is 99.1 cm³/mol. The van der Waals surface area contributed by atoms with E-state index in [0.29, 0.717) is 29.0 Å². The zero-order valence-corrected chi connectivity index (χ0v) is 17.2. The fraction of sp³-hybridized carbons (Fsp3) is 0.579. The minimum atomic E-state index is -2.22. The Kier molecular flexibility index (Phi) is 5.32. The molecule has 1 aromatic rings. The lowest BCUT2D eigenvalue weighted by Gasteiger charge is -2.37. The van der Waals surface area contributed by atoms with Gasteiger partial charge in [-0.05, 0) is 24.6 Å². The van der Waals surface area contributed by atoms with Gasteiger partial charge in [-0.1, -0.05) is 27.7 Å². The average Bonchev–Trinajstić information content (AvgIpc) is 2.89. The lowest BCUT2D eigenvalue weighted by atomic mass is 9.93. The summed E-state index contributed by atoms with van der Waals surface area (Å²) in [6.07, 6.45) is 1.65. The van der Waals surface area contributed by atoms with Crippen LogP contribution in [0.4, 0.5) is 0 Å². The third-order valence-electron chi connectivity index (χ3n) is 5.28. The number of hydrogen-bond acceptors (Lipinski definition) is 5. The van der Waals surface area contributed by atoms with Crippen molar-refractivity contribution in [2.45, 2.75) is 65.3 Å². The molecule has 0 aliphatic carbocycles. The fourth-order valence-electron chi connectivity index (χ4n) is 2.86. The van der Waals surface area contributed by atoms with Crippen molar-refractivity contribution in [3.05, 3.63) is 22.3 Å². The first kappa shape index (κ1) is 19.5. The summed E-state index contributed by atoms with van der Waals surface area (Å²) >= 11 is 0. The lowest BCUT2D eigenvalue weighted by molar-refractivity contribution is -0.107. The Morgan fingerprint density at radius 3 is 2.32 bits per heavy atom. The molecule has 5 nitrogen and oxygen atoms in total. The zero-order chi connectivity index (χ0) is 19.0. The topological polar surface area (TPSA) is 61.8 Å². The molecular formula is C19H28O5Si. The predicted octanol–water partition coefficient (Wildman–Crippen LogP) is 4.05. The SMILES string of the molecule is CCc1c2c(c(O[Si](C)(C)C(C)(C)C)c(CC=O)c1OC)C(=O)OC2. The van der Waals surface area contributed by atoms with Crippen LogP contribution in [0.2, 0.25) is 18.1 Å². The van der Waals surface area contributed by atoms with Crippen molar-refractivity contribution in [3.8, 4) is 11.5 Å². The second-order valence-electron chi connectivity index (χ2n) is 7.84. The zero-order valence-electron chi connectivity index (χ0n) is 16.2. The molecule has 0 amide bonds. The summed E-state index contributed by atoms with van der Waals surface area (Å²) in [4.78, 5) is 23.8. The molecule has 0 N–H and O–H groups in total. The van der Waals surface area contributed by atoms with E-state index < -0.39 is 8.32 Å². The summed E-state index contributed by atoms with van der Waals surface area (Å²) in [5.74, 6) is 0.735. The number of benzene rings is 1. The summed E-state index contributed by atoms with van der Waals surface area (Å²) in [7, 11) is -0.635. The standard InChI is InChI=1S/C19H28O5Si/c1-8-12-14-11-23-18(21)15(14)17(13(9-10-20)16(12)22-5)24-25(6,7)19(2,3)4/h10H,8-9,11H2,1-7H3. The van der Waals surface area contributed by atoms with Crippen LogP contribution in [0.1, 0.15) is 54.7 Å². The van der Waals surface area contributed by atoms with Gasteiger partial charge in [-0.25, -0.2) is 4.79 Å². The molecule has 0 fully saturated rings. The molecule has 0 unspecified atom stereocenters. The van der Waals surface area contributed by atoms with Gasteiger partial charge in [-0.2, -0.15) is 0 Å². The molecule has 0 bridgehead atoms. The van der Waals surface area contributed by atoms with Crippen LogP contribution in [0.3, 0.4) is 0 Å². The molecule has 1 aromatic carbocycles. The molecule has 25 heavy (non-hydrogen) atoms. The Morgan fingerprint density at radius 1 is 1.20 bits per heavy atom. The number of esters is 1. The van der Waals surface area contributed by atoms with Crippen molar-refractivity contribution in [1.82, 2.24) is 0 Å². The maximum Gasteiger partial charge on any atom is 0.342 e. The highest BCUT2D eigenvalue weighted by Gasteiger charge is 2.42. The van der Waals surface area contributed by atoms with Crippen LogP contribution in [0.5, 0.6) is 11.5 Å². The van der Waals surface area contributed by atoms with Gasteiger partial charge < -0.3 is 18.7 Å². The molecule has 6 heteroatoms. The summed E-state index contributed by atoms with van der Waals surface area (Å²) in [6.45, 7) is 12.9. The summed E-state index contributed by atoms with van der Waals surface area (Å²) in [6, 6.07) is 0. The van der Waals surface area contributed by atoms with Crippen molar-refractivity contribution >= 4 is 20.6 Å². The van der Waals surface area contributed by atoms with E-state index in [-0.39, 0.29) is 24.0 Å². The van der Waals surface area contributed by atoms with Gasteiger partial charge >= 0.3 is 5.97 Å². The van der Waals surface area contributed by atoms with Crippen LogP contribution in [0.15, 0.2) is 0 Å². The number of fused-ring (bicyclic) bond motifs is 1. The van der Waals surface area contributed by atoms with E-state index in [2.05, 4.69) is 33.9 Å². The summed E-state index contributed by atoms with van der Waals surface area (Å²) in [5, 5.41) is -0.0441. The number of carbonyl (C=O) groups excluding carboxylic acids is 2. The average molecular weight is 365 g/mol. The summed E-state index contributed by atoms with van der Waals surface area (Å²) in [5.41, 5.74) is 2.87. The number of ether oxygens (including phenoxy) is 2. The van der Waals surface area contributed by atoms with E-state index in [1.54, 1.807) is 7.11 Å². The highest BCUT2D eigenvalue weighted by molar-refractivity contribution is 6.74. The van der Waals surface area contributed by atoms with Gasteiger partial charge in [-0.3, -0.25) is 0 Å². The molecule has 0 atom stereocenters. The molecule has 1 heterocycles. The Hall–Kier alpha value is -1.82. The van der Waals surface area contributed by atoms with Crippen molar-refractivity contribution in [2.75, 3.05) is 7.11 Å². The van der Waals surface area contributed by atoms with E-state index in [4.69, 9.17) is 13.9 Å². The number of rotatable bonds is 6. The van der Waals surface area contributed by atoms with Gasteiger partial charge in [-0.15, -0.1) is 0 Å². The van der Waals surface area contributed by atoms with Crippen molar-refractivity contribution in [3.63, 3.8) is 0 Å². The first-order valence-corrected chi connectivity index (χ1v) is 11.5. The lowest BCUT2D eigenvalue weighted by Crippen LogP contribution is -2.44. The summed E-state index contributed by atoms with van der Waals surface area (Å²) < 4.78 is 17.4. The fourth-order valence-corrected chi connectivity index (χ4v) is 3.90. The number of cyclic esters (lactones) is 1. The highest BCUT2D eigenvalue weighted by Crippen LogP contribution is 2.46. The maximum atomic E-state index is 12.4. The van der Waals surface area contributed by atoms with Crippen LogP contribution in [-0.2, 0) is 29.0 Å². The number of carbonyl (C=O) groups is 2. The van der Waals surface area contributed by atoms with E-state index >= 15 is 0 Å². The van der Waals surface area contributed by atoms with Crippen molar-refractivity contribution in [1.29, 1.82) is 0 Å². The molecule has 1 aliphatic rings. The highest BCUT2D eigenvalue weighted by atomic mass is 28.4. The molecule has 138 valence electrons. The molecule has 0 saturated heterocycles. The Morgan fingerprint density at radius 2 is 1.84 bits per heavy atom. The monoisotopic (exact) mass is 364 g/mol. The molecule has 2 rings (SSSR count). The van der Waals surface area contributed by atoms with Crippen LogP contribution < -0.4 is 9.16 Å². The van der Waals surface area contributed by atoms with E-state index in [0.717, 1.165) is 17.4 Å². The molecular weight excluding hydrogens is 336 g/mol. The third-order valence-corrected chi connectivity index (χ3v) is 9.60. The largest absolute Gasteiger partial charge is 0.543 e. The smallest absolute Gasteiger partial charge is 0.342 e. The van der Waals surface area contributed by atoms with Crippen LogP contribution >= 0.6 is 0 Å². The number of aldehydes is 1. The van der Waals surface area contributed by atoms with Gasteiger partial charge in [0, 0.05) is 23.1 Å². The van der Waals surface area contributed by atoms with Gasteiger partial charge in [0.05, 0.1) is 7.11 Å². The first-order chi connectivity index (χ1) is 11.6. The molecule has 1 aliphatic heterocycles. The Balaban J connectivity index is 2.79. The Labute approximate surface area is 150 Å². The number of methoxy groups -OCH3 is 1. The van der Waals surface area contributed by atoms with E-state index in [1.807, 2.05) is 6.92 Å². The van der Waals surface area contributed by atoms with Crippen molar-refractivity contribution in [2.24, 2.45) is 0 Å². The van der Waals surface area contributed by atoms with Gasteiger partial charge in [0.25, 0.3) is 8.32 Å². The van der Waals surface area contributed by atoms with Crippen LogP contribution in [0, 0.1) is 0 Å². The van der Waals surface area contributed by atoms with E-state index in [9.17, 15) is 9.59 Å². The second-order valence-corrected chi connectivity index (χ2v) is 12.6. The van der Waals surface area contributed by atoms with Gasteiger partial charge in [0.15, 0.2) is 0 Å². The molecule has 0 spiro atoms. The third kappa shape index (κ3) is 3.32. The van der Waals surface area contributed by atoms with Crippen LogP contribution in [0.25, 0.3) is 0 Å². The normalized spacial score (nSPS) is 14.1. The van der Waals surface area contributed by atoms with Crippen LogP contribution in [-0.4, -0.2) is 27.7 Å². The molecule has 0 aromatic heterocycles. The minimum absolute atomic E-state index is 0.0441. The second kappa shape index (κ2) is 6.82. The number of hydrogen-bond donors (Lipinski definition) is 0. The van der Waals surface area contributed by atoms with E-state index in [1.165, 1.54) is 0 Å². The first-order valence-electron chi connectivity index (χ1n) is 8.63.